The molecule has 1 heterocycles. The second kappa shape index (κ2) is 10.6. The lowest BCUT2D eigenvalue weighted by molar-refractivity contribution is 0.0232. The van der Waals surface area contributed by atoms with E-state index >= 15 is 0 Å². The Morgan fingerprint density at radius 1 is 1.27 bits per heavy atom. The zero-order chi connectivity index (χ0) is 19.6. The zero-order valence-corrected chi connectivity index (χ0v) is 16.7. The molecule has 2 N–H and O–H groups in total. The van der Waals surface area contributed by atoms with Gasteiger partial charge in [-0.05, 0) is 52.7 Å². The minimum Gasteiger partial charge on any atom is -0.444 e. The van der Waals surface area contributed by atoms with Gasteiger partial charge in [0.1, 0.15) is 5.60 Å². The van der Waals surface area contributed by atoms with Gasteiger partial charge in [0.2, 0.25) is 0 Å². The molecule has 1 rings (SSSR count). The minimum atomic E-state index is -0.532. The van der Waals surface area contributed by atoms with Crippen molar-refractivity contribution in [3.05, 3.63) is 30.1 Å². The predicted molar refractivity (Wildman–Crippen MR) is 105 cm³/mol. The van der Waals surface area contributed by atoms with Gasteiger partial charge >= 0.3 is 6.09 Å². The van der Waals surface area contributed by atoms with Crippen LogP contribution in [-0.4, -0.2) is 58.6 Å². The Bertz CT molecular complexity index is 565. The topological polar surface area (TPSA) is 84.0 Å². The first kappa shape index (κ1) is 21.7. The first-order valence-electron chi connectivity index (χ1n) is 9.18. The molecule has 0 spiro atoms. The Balaban J connectivity index is 2.67. The summed E-state index contributed by atoms with van der Waals surface area (Å²) in [5, 5.41) is 0. The predicted octanol–water partition coefficient (Wildman–Crippen LogP) is 2.87. The van der Waals surface area contributed by atoms with Gasteiger partial charge in [-0.2, -0.15) is 0 Å². The Hall–Kier alpha value is -2.31. The standard InChI is InChI=1S/C19H33N5O2/c1-6-23(7-2)17(20)22-12-9-13-24(18(25)26-19(3,4)5)15-16-10-8-11-21-14-16/h8,10-11,14H,6-7,9,12-13,15H2,1-5H3,(H2,20,22). The van der Waals surface area contributed by atoms with E-state index < -0.39 is 5.60 Å². The molecule has 7 heteroatoms. The van der Waals surface area contributed by atoms with Gasteiger partial charge in [0, 0.05) is 38.6 Å². The van der Waals surface area contributed by atoms with E-state index in [1.54, 1.807) is 17.3 Å². The largest absolute Gasteiger partial charge is 0.444 e. The maximum Gasteiger partial charge on any atom is 0.410 e. The van der Waals surface area contributed by atoms with E-state index in [1.807, 2.05) is 51.7 Å². The summed E-state index contributed by atoms with van der Waals surface area (Å²) in [5.74, 6) is 0.547. The molecule has 1 amide bonds. The fraction of sp³-hybridized carbons (Fsp3) is 0.632. The Morgan fingerprint density at radius 3 is 2.50 bits per heavy atom. The number of carbonyl (C=O) groups excluding carboxylic acids is 1. The van der Waals surface area contributed by atoms with E-state index in [9.17, 15) is 4.79 Å². The second-order valence-corrected chi connectivity index (χ2v) is 7.03. The average Bonchev–Trinajstić information content (AvgIpc) is 2.58. The van der Waals surface area contributed by atoms with Crippen molar-refractivity contribution < 1.29 is 9.53 Å². The number of hydrogen-bond donors (Lipinski definition) is 1. The summed E-state index contributed by atoms with van der Waals surface area (Å²) >= 11 is 0. The van der Waals surface area contributed by atoms with E-state index in [0.717, 1.165) is 18.7 Å². The molecule has 0 radical (unpaired) electrons. The number of amides is 1. The highest BCUT2D eigenvalue weighted by molar-refractivity contribution is 5.78. The highest BCUT2D eigenvalue weighted by atomic mass is 16.6. The van der Waals surface area contributed by atoms with E-state index in [2.05, 4.69) is 9.98 Å². The van der Waals surface area contributed by atoms with Crippen LogP contribution in [-0.2, 0) is 11.3 Å². The third-order valence-corrected chi connectivity index (χ3v) is 3.70. The van der Waals surface area contributed by atoms with Gasteiger partial charge < -0.3 is 20.3 Å². The molecule has 1 aromatic rings. The molecule has 0 bridgehead atoms. The van der Waals surface area contributed by atoms with Gasteiger partial charge in [-0.1, -0.05) is 6.07 Å². The van der Waals surface area contributed by atoms with Crippen molar-refractivity contribution in [2.45, 2.75) is 53.2 Å². The van der Waals surface area contributed by atoms with Gasteiger partial charge in [-0.25, -0.2) is 4.79 Å². The normalized spacial score (nSPS) is 12.0. The highest BCUT2D eigenvalue weighted by Gasteiger charge is 2.22. The number of aliphatic imine (C=N–C) groups is 1. The summed E-state index contributed by atoms with van der Waals surface area (Å²) in [7, 11) is 0. The van der Waals surface area contributed by atoms with Crippen LogP contribution in [0.25, 0.3) is 0 Å². The molecule has 1 aromatic heterocycles. The van der Waals surface area contributed by atoms with Crippen LogP contribution < -0.4 is 5.73 Å². The first-order chi connectivity index (χ1) is 12.3. The van der Waals surface area contributed by atoms with E-state index in [4.69, 9.17) is 10.5 Å². The molecule has 0 fully saturated rings. The molecular weight excluding hydrogens is 330 g/mol. The Morgan fingerprint density at radius 2 is 1.96 bits per heavy atom. The van der Waals surface area contributed by atoms with Crippen molar-refractivity contribution in [2.24, 2.45) is 10.7 Å². The van der Waals surface area contributed by atoms with Crippen molar-refractivity contribution in [2.75, 3.05) is 26.2 Å². The Labute approximate surface area is 157 Å². The number of rotatable bonds is 8. The maximum atomic E-state index is 12.5. The number of aromatic nitrogens is 1. The van der Waals surface area contributed by atoms with Crippen LogP contribution in [0.1, 0.15) is 46.6 Å². The van der Waals surface area contributed by atoms with Crippen molar-refractivity contribution in [3.8, 4) is 0 Å². The fourth-order valence-corrected chi connectivity index (χ4v) is 2.38. The van der Waals surface area contributed by atoms with Crippen molar-refractivity contribution in [1.29, 1.82) is 0 Å². The molecule has 0 aliphatic carbocycles. The lowest BCUT2D eigenvalue weighted by Crippen LogP contribution is -2.38. The SMILES string of the molecule is CCN(CC)C(N)=NCCCN(Cc1cccnc1)C(=O)OC(C)(C)C. The lowest BCUT2D eigenvalue weighted by Gasteiger charge is -2.27. The van der Waals surface area contributed by atoms with E-state index in [-0.39, 0.29) is 6.09 Å². The molecule has 26 heavy (non-hydrogen) atoms. The number of guanidine groups is 1. The van der Waals surface area contributed by atoms with E-state index in [0.29, 0.717) is 32.0 Å². The number of ether oxygens (including phenoxy) is 1. The van der Waals surface area contributed by atoms with Gasteiger partial charge in [0.15, 0.2) is 5.96 Å². The van der Waals surface area contributed by atoms with Crippen LogP contribution in [0.5, 0.6) is 0 Å². The van der Waals surface area contributed by atoms with Crippen LogP contribution in [0.2, 0.25) is 0 Å². The summed E-state index contributed by atoms with van der Waals surface area (Å²) < 4.78 is 5.52. The smallest absolute Gasteiger partial charge is 0.410 e. The van der Waals surface area contributed by atoms with Gasteiger partial charge in [-0.3, -0.25) is 9.98 Å². The highest BCUT2D eigenvalue weighted by Crippen LogP contribution is 2.13. The molecule has 0 unspecified atom stereocenters. The van der Waals surface area contributed by atoms with Crippen molar-refractivity contribution >= 4 is 12.1 Å². The average molecular weight is 364 g/mol. The van der Waals surface area contributed by atoms with Crippen molar-refractivity contribution in [1.82, 2.24) is 14.8 Å². The lowest BCUT2D eigenvalue weighted by atomic mass is 10.2. The summed E-state index contributed by atoms with van der Waals surface area (Å²) in [5.41, 5.74) is 6.42. The first-order valence-corrected chi connectivity index (χ1v) is 9.18. The number of pyridine rings is 1. The molecule has 0 aromatic carbocycles. The third kappa shape index (κ3) is 8.18. The number of nitrogens with zero attached hydrogens (tertiary/aromatic N) is 4. The minimum absolute atomic E-state index is 0.331. The van der Waals surface area contributed by atoms with Crippen LogP contribution >= 0.6 is 0 Å². The fourth-order valence-electron chi connectivity index (χ4n) is 2.38. The van der Waals surface area contributed by atoms with Gasteiger partial charge in [0.05, 0.1) is 6.54 Å². The summed E-state index contributed by atoms with van der Waals surface area (Å²) in [6, 6.07) is 3.80. The molecule has 0 saturated carbocycles. The molecule has 0 aliphatic heterocycles. The second-order valence-electron chi connectivity index (χ2n) is 7.03. The summed E-state index contributed by atoms with van der Waals surface area (Å²) in [6.45, 7) is 12.9. The van der Waals surface area contributed by atoms with Crippen molar-refractivity contribution in [3.63, 3.8) is 0 Å². The molecule has 7 nitrogen and oxygen atoms in total. The number of hydrogen-bond acceptors (Lipinski definition) is 4. The molecule has 0 aliphatic rings. The zero-order valence-electron chi connectivity index (χ0n) is 16.7. The quantitative estimate of drug-likeness (QED) is 0.436. The number of nitrogens with two attached hydrogens (primary N) is 1. The van der Waals surface area contributed by atoms with Gasteiger partial charge in [0.25, 0.3) is 0 Å². The maximum absolute atomic E-state index is 12.5. The van der Waals surface area contributed by atoms with Crippen LogP contribution in [0.3, 0.4) is 0 Å². The molecule has 0 saturated heterocycles. The number of carbonyl (C=O) groups is 1. The van der Waals surface area contributed by atoms with E-state index in [1.165, 1.54) is 0 Å². The molecule has 146 valence electrons. The molecular formula is C19H33N5O2. The third-order valence-electron chi connectivity index (χ3n) is 3.70. The van der Waals surface area contributed by atoms with Crippen LogP contribution in [0, 0.1) is 0 Å². The molecule has 0 atom stereocenters. The Kier molecular flexibility index (Phi) is 8.88. The monoisotopic (exact) mass is 363 g/mol. The van der Waals surface area contributed by atoms with Gasteiger partial charge in [-0.15, -0.1) is 0 Å². The van der Waals surface area contributed by atoms with Crippen LogP contribution in [0.15, 0.2) is 29.5 Å². The summed E-state index contributed by atoms with van der Waals surface area (Å²) in [6.07, 6.45) is 3.85. The van der Waals surface area contributed by atoms with Crippen LogP contribution in [0.4, 0.5) is 4.79 Å². The summed E-state index contributed by atoms with van der Waals surface area (Å²) in [4.78, 5) is 24.7.